The Balaban J connectivity index is 1.53. The number of rotatable bonds is 8. The molecule has 12 heteroatoms. The maximum atomic E-state index is 12.8. The smallest absolute Gasteiger partial charge is 0.383 e. The number of methoxy groups -OCH3 is 1. The van der Waals surface area contributed by atoms with Gasteiger partial charge < -0.3 is 19.6 Å². The lowest BCUT2D eigenvalue weighted by molar-refractivity contribution is -0.206. The van der Waals surface area contributed by atoms with Crippen LogP contribution < -0.4 is 4.90 Å². The number of halogens is 3. The van der Waals surface area contributed by atoms with Crippen molar-refractivity contribution >= 4 is 28.1 Å². The van der Waals surface area contributed by atoms with Crippen LogP contribution in [0.1, 0.15) is 11.1 Å². The van der Waals surface area contributed by atoms with Gasteiger partial charge in [0, 0.05) is 50.2 Å². The third-order valence-electron chi connectivity index (χ3n) is 5.25. The number of thiazole rings is 1. The maximum Gasteiger partial charge on any atom is 0.420 e. The van der Waals surface area contributed by atoms with Crippen molar-refractivity contribution in [3.63, 3.8) is 0 Å². The highest BCUT2D eigenvalue weighted by Gasteiger charge is 2.41. The molecule has 0 spiro atoms. The van der Waals surface area contributed by atoms with Crippen LogP contribution in [-0.4, -0.2) is 78.4 Å². The number of nitrogens with zero attached hydrogens (tertiary/aromatic N) is 5. The van der Waals surface area contributed by atoms with E-state index in [9.17, 15) is 18.3 Å². The Morgan fingerprint density at radius 3 is 2.84 bits per heavy atom. The van der Waals surface area contributed by atoms with E-state index in [2.05, 4.69) is 32.1 Å². The first-order chi connectivity index (χ1) is 14.8. The first kappa shape index (κ1) is 21.9. The molecule has 3 heterocycles. The van der Waals surface area contributed by atoms with Crippen LogP contribution in [0.25, 0.3) is 22.3 Å². The minimum atomic E-state index is -4.76. The van der Waals surface area contributed by atoms with Gasteiger partial charge in [-0.1, -0.05) is 0 Å². The molecule has 4 rings (SSSR count). The first-order valence-electron chi connectivity index (χ1n) is 9.65. The zero-order valence-corrected chi connectivity index (χ0v) is 17.8. The average Bonchev–Trinajstić information content (AvgIpc) is 3.36. The topological polar surface area (TPSA) is 87.8 Å². The molecule has 1 N–H and O–H groups in total. The van der Waals surface area contributed by atoms with E-state index in [0.29, 0.717) is 34.8 Å². The molecule has 1 aliphatic rings. The van der Waals surface area contributed by atoms with E-state index in [0.717, 1.165) is 43.2 Å². The predicted octanol–water partition coefficient (Wildman–Crippen LogP) is 2.96. The van der Waals surface area contributed by atoms with Crippen molar-refractivity contribution in [2.45, 2.75) is 12.3 Å². The summed E-state index contributed by atoms with van der Waals surface area (Å²) in [5.74, 6) is 0.480. The molecule has 1 aliphatic heterocycles. The molecule has 31 heavy (non-hydrogen) atoms. The summed E-state index contributed by atoms with van der Waals surface area (Å²) in [4.78, 5) is 8.36. The number of alkyl halides is 3. The highest BCUT2D eigenvalue weighted by atomic mass is 32.1. The number of aliphatic hydroxyl groups excluding tert-OH is 1. The lowest BCUT2D eigenvalue weighted by Gasteiger charge is -2.42. The number of aliphatic hydroxyl groups is 1. The Morgan fingerprint density at radius 2 is 2.13 bits per heavy atom. The van der Waals surface area contributed by atoms with Gasteiger partial charge in [-0.05, 0) is 29.5 Å². The molecule has 1 atom stereocenters. The van der Waals surface area contributed by atoms with Crippen molar-refractivity contribution in [1.82, 2.24) is 20.2 Å². The molecule has 168 valence electrons. The minimum absolute atomic E-state index is 0.339. The number of hydrogen-bond donors (Lipinski definition) is 1. The Morgan fingerprint density at radius 1 is 1.35 bits per heavy atom. The molecule has 0 radical (unpaired) electrons. The number of hydrogen-bond acceptors (Lipinski definition) is 9. The molecule has 2 aromatic heterocycles. The summed E-state index contributed by atoms with van der Waals surface area (Å²) in [5.41, 5.74) is 2.83. The maximum absolute atomic E-state index is 12.8. The summed E-state index contributed by atoms with van der Waals surface area (Å²) >= 11 is 0.765. The zero-order valence-electron chi connectivity index (χ0n) is 17.0. The number of anilines is 1. The molecule has 1 fully saturated rings. The van der Waals surface area contributed by atoms with E-state index in [1.54, 1.807) is 13.2 Å². The number of ether oxygens (including phenoxy) is 1. The van der Waals surface area contributed by atoms with Crippen molar-refractivity contribution < 1.29 is 27.6 Å². The largest absolute Gasteiger partial charge is 0.420 e. The molecule has 1 saturated heterocycles. The van der Waals surface area contributed by atoms with Crippen molar-refractivity contribution in [3.8, 4) is 11.3 Å². The van der Waals surface area contributed by atoms with E-state index in [1.165, 1.54) is 5.38 Å². The summed E-state index contributed by atoms with van der Waals surface area (Å²) in [6.07, 6.45) is -7.36. The monoisotopic (exact) mass is 457 g/mol. The third-order valence-corrected chi connectivity index (χ3v) is 6.14. The van der Waals surface area contributed by atoms with E-state index in [-0.39, 0.29) is 0 Å². The third kappa shape index (κ3) is 4.66. The molecule has 0 aliphatic carbocycles. The van der Waals surface area contributed by atoms with E-state index in [4.69, 9.17) is 9.37 Å². The summed E-state index contributed by atoms with van der Waals surface area (Å²) in [5, 5.41) is 18.4. The van der Waals surface area contributed by atoms with Crippen LogP contribution in [-0.2, 0) is 4.74 Å². The Labute approximate surface area is 180 Å². The van der Waals surface area contributed by atoms with E-state index >= 15 is 0 Å². The standard InChI is InChI=1S/C19H22F3N5O3S/c1-26(3-4-29-2)7-11-8-27(9-11)15-6-12(5-13-16(15)25-30-24-13)14-10-31-18(23-14)17(28)19(20,21)22/h5-6,10-11,17,28H,3-4,7-9H2,1-2H3. The minimum Gasteiger partial charge on any atom is -0.383 e. The first-order valence-corrected chi connectivity index (χ1v) is 10.5. The van der Waals surface area contributed by atoms with Gasteiger partial charge in [0.15, 0.2) is 5.52 Å². The molecular weight excluding hydrogens is 435 g/mol. The van der Waals surface area contributed by atoms with Crippen molar-refractivity contribution in [2.24, 2.45) is 5.92 Å². The quantitative estimate of drug-likeness (QED) is 0.553. The van der Waals surface area contributed by atoms with Crippen molar-refractivity contribution in [3.05, 3.63) is 22.5 Å². The lowest BCUT2D eigenvalue weighted by atomic mass is 9.97. The second kappa shape index (κ2) is 8.69. The van der Waals surface area contributed by atoms with E-state index < -0.39 is 17.3 Å². The average molecular weight is 457 g/mol. The van der Waals surface area contributed by atoms with Crippen LogP contribution in [0.4, 0.5) is 18.9 Å². The van der Waals surface area contributed by atoms with Gasteiger partial charge in [-0.3, -0.25) is 0 Å². The Kier molecular flexibility index (Phi) is 6.15. The van der Waals surface area contributed by atoms with Crippen LogP contribution >= 0.6 is 11.3 Å². The predicted molar refractivity (Wildman–Crippen MR) is 109 cm³/mol. The summed E-state index contributed by atoms with van der Waals surface area (Å²) in [6, 6.07) is 3.50. The number of benzene rings is 1. The van der Waals surface area contributed by atoms with Gasteiger partial charge in [0.25, 0.3) is 0 Å². The Hall–Kier alpha value is -2.28. The van der Waals surface area contributed by atoms with Crippen LogP contribution in [0.5, 0.6) is 0 Å². The highest BCUT2D eigenvalue weighted by molar-refractivity contribution is 7.10. The van der Waals surface area contributed by atoms with Gasteiger partial charge >= 0.3 is 6.18 Å². The number of likely N-dealkylation sites (N-methyl/N-ethyl adjacent to an activating group) is 1. The molecule has 0 saturated carbocycles. The van der Waals surface area contributed by atoms with Gasteiger partial charge in [0.1, 0.15) is 10.5 Å². The molecule has 0 amide bonds. The fourth-order valence-corrected chi connectivity index (χ4v) is 4.44. The Bertz CT molecular complexity index is 1030. The highest BCUT2D eigenvalue weighted by Crippen LogP contribution is 2.38. The SMILES string of the molecule is COCCN(C)CC1CN(c2cc(-c3csc(C(O)C(F)(F)F)n3)cc3nonc23)C1. The van der Waals surface area contributed by atoms with Gasteiger partial charge in [0.2, 0.25) is 6.10 Å². The second-order valence-corrected chi connectivity index (χ2v) is 8.56. The van der Waals surface area contributed by atoms with Gasteiger partial charge in [0.05, 0.1) is 18.0 Å². The molecule has 8 nitrogen and oxygen atoms in total. The fourth-order valence-electron chi connectivity index (χ4n) is 3.61. The zero-order chi connectivity index (χ0) is 22.2. The van der Waals surface area contributed by atoms with Gasteiger partial charge in [-0.25, -0.2) is 9.61 Å². The normalized spacial score (nSPS) is 16.3. The fraction of sp³-hybridized carbons (Fsp3) is 0.526. The number of fused-ring (bicyclic) bond motifs is 1. The van der Waals surface area contributed by atoms with Gasteiger partial charge in [-0.2, -0.15) is 13.2 Å². The second-order valence-electron chi connectivity index (χ2n) is 7.67. The van der Waals surface area contributed by atoms with Crippen LogP contribution in [0.3, 0.4) is 0 Å². The van der Waals surface area contributed by atoms with Crippen LogP contribution in [0.2, 0.25) is 0 Å². The van der Waals surface area contributed by atoms with E-state index in [1.807, 2.05) is 6.07 Å². The summed E-state index contributed by atoms with van der Waals surface area (Å²) < 4.78 is 48.4. The van der Waals surface area contributed by atoms with Crippen molar-refractivity contribution in [2.75, 3.05) is 51.8 Å². The van der Waals surface area contributed by atoms with Gasteiger partial charge in [-0.15, -0.1) is 11.3 Å². The molecule has 3 aromatic rings. The van der Waals surface area contributed by atoms with Crippen LogP contribution in [0.15, 0.2) is 22.1 Å². The molecule has 1 aromatic carbocycles. The van der Waals surface area contributed by atoms with Crippen LogP contribution in [0, 0.1) is 5.92 Å². The lowest BCUT2D eigenvalue weighted by Crippen LogP contribution is -2.51. The molecule has 0 bridgehead atoms. The molecule has 1 unspecified atom stereocenters. The summed E-state index contributed by atoms with van der Waals surface area (Å²) in [7, 11) is 3.73. The molecular formula is C19H22F3N5O3S. The number of aromatic nitrogens is 3. The van der Waals surface area contributed by atoms with Crippen molar-refractivity contribution in [1.29, 1.82) is 0 Å². The summed E-state index contributed by atoms with van der Waals surface area (Å²) in [6.45, 7) is 4.11.